The molecule has 1 amide bonds. The van der Waals surface area contributed by atoms with Crippen molar-refractivity contribution in [1.29, 1.82) is 0 Å². The summed E-state index contributed by atoms with van der Waals surface area (Å²) in [5.41, 5.74) is 0.493. The molecule has 0 aliphatic heterocycles. The lowest BCUT2D eigenvalue weighted by molar-refractivity contribution is 0.0947. The molecule has 0 spiro atoms. The summed E-state index contributed by atoms with van der Waals surface area (Å²) in [6.45, 7) is 5.92. The lowest BCUT2D eigenvalue weighted by atomic mass is 10.1. The summed E-state index contributed by atoms with van der Waals surface area (Å²) in [6.07, 6.45) is 5.45. The van der Waals surface area contributed by atoms with Gasteiger partial charge in [0.2, 0.25) is 0 Å². The molecule has 1 aromatic rings. The van der Waals surface area contributed by atoms with Crippen LogP contribution in [0.4, 0.5) is 4.39 Å². The smallest absolute Gasteiger partial charge is 0.251 e. The van der Waals surface area contributed by atoms with E-state index in [-0.39, 0.29) is 11.7 Å². The number of hydrogen-bond donors (Lipinski definition) is 2. The molecule has 0 heterocycles. The van der Waals surface area contributed by atoms with Crippen LogP contribution in [0.15, 0.2) is 24.3 Å². The van der Waals surface area contributed by atoms with Gasteiger partial charge in [0.1, 0.15) is 5.82 Å². The van der Waals surface area contributed by atoms with E-state index in [1.807, 2.05) is 7.05 Å². The van der Waals surface area contributed by atoms with Gasteiger partial charge in [-0.2, -0.15) is 0 Å². The van der Waals surface area contributed by atoms with Gasteiger partial charge in [-0.3, -0.25) is 4.79 Å². The molecule has 1 atom stereocenters. The second-order valence-corrected chi connectivity index (χ2v) is 6.07. The maximum absolute atomic E-state index is 12.7. The Labute approximate surface area is 133 Å². The van der Waals surface area contributed by atoms with Crippen molar-refractivity contribution in [3.8, 4) is 0 Å². The highest BCUT2D eigenvalue weighted by Crippen LogP contribution is 2.31. The first-order valence-corrected chi connectivity index (χ1v) is 8.25. The molecular weight excluding hydrogens is 279 g/mol. The normalized spacial score (nSPS) is 14.7. The Balaban J connectivity index is 0.000000406. The molecule has 1 aliphatic rings. The average Bonchev–Trinajstić information content (AvgIpc) is 3.36. The van der Waals surface area contributed by atoms with Crippen LogP contribution < -0.4 is 10.6 Å². The van der Waals surface area contributed by atoms with Gasteiger partial charge in [0, 0.05) is 12.1 Å². The Morgan fingerprint density at radius 2 is 1.95 bits per heavy atom. The van der Waals surface area contributed by atoms with Gasteiger partial charge in [0.15, 0.2) is 0 Å². The number of carbonyl (C=O) groups excluding carboxylic acids is 1. The van der Waals surface area contributed by atoms with E-state index in [0.29, 0.717) is 18.0 Å². The Morgan fingerprint density at radius 1 is 1.32 bits per heavy atom. The van der Waals surface area contributed by atoms with Crippen LogP contribution in [0.5, 0.6) is 0 Å². The van der Waals surface area contributed by atoms with Gasteiger partial charge >= 0.3 is 0 Å². The highest BCUT2D eigenvalue weighted by molar-refractivity contribution is 5.94. The van der Waals surface area contributed by atoms with E-state index in [0.717, 1.165) is 18.9 Å². The third-order valence-electron chi connectivity index (χ3n) is 3.88. The van der Waals surface area contributed by atoms with E-state index in [9.17, 15) is 9.18 Å². The monoisotopic (exact) mass is 308 g/mol. The van der Waals surface area contributed by atoms with Gasteiger partial charge in [0.05, 0.1) is 0 Å². The van der Waals surface area contributed by atoms with Gasteiger partial charge in [-0.1, -0.05) is 33.1 Å². The molecule has 0 bridgehead atoms. The zero-order chi connectivity index (χ0) is 16.4. The fourth-order valence-electron chi connectivity index (χ4n) is 1.99. The zero-order valence-corrected chi connectivity index (χ0v) is 14.0. The molecule has 0 saturated heterocycles. The molecule has 3 nitrogen and oxygen atoms in total. The van der Waals surface area contributed by atoms with Gasteiger partial charge in [-0.25, -0.2) is 4.39 Å². The number of hydrogen-bond acceptors (Lipinski definition) is 2. The minimum absolute atomic E-state index is 0.152. The van der Waals surface area contributed by atoms with Gasteiger partial charge in [-0.15, -0.1) is 0 Å². The van der Waals surface area contributed by atoms with Crippen molar-refractivity contribution in [2.45, 2.75) is 39.5 Å². The minimum Gasteiger partial charge on any atom is -0.352 e. The van der Waals surface area contributed by atoms with Crippen LogP contribution >= 0.6 is 0 Å². The summed E-state index contributed by atoms with van der Waals surface area (Å²) >= 11 is 0. The molecule has 0 aromatic heterocycles. The fourth-order valence-corrected chi connectivity index (χ4v) is 1.99. The second kappa shape index (κ2) is 10.3. The molecule has 4 heteroatoms. The lowest BCUT2D eigenvalue weighted by Gasteiger charge is -2.12. The van der Waals surface area contributed by atoms with E-state index in [1.165, 1.54) is 43.5 Å². The van der Waals surface area contributed by atoms with Crippen LogP contribution in [0.1, 0.15) is 49.9 Å². The SMILES string of the molecule is CCC1CC1.CNCCC(C)CNC(=O)c1ccc(F)cc1. The van der Waals surface area contributed by atoms with E-state index in [1.54, 1.807) is 0 Å². The first-order valence-electron chi connectivity index (χ1n) is 8.25. The fraction of sp³-hybridized carbons (Fsp3) is 0.611. The second-order valence-electron chi connectivity index (χ2n) is 6.07. The first kappa shape index (κ1) is 18.6. The van der Waals surface area contributed by atoms with Crippen molar-refractivity contribution < 1.29 is 9.18 Å². The van der Waals surface area contributed by atoms with E-state index in [4.69, 9.17) is 0 Å². The topological polar surface area (TPSA) is 41.1 Å². The molecule has 22 heavy (non-hydrogen) atoms. The molecule has 1 fully saturated rings. The van der Waals surface area contributed by atoms with Crippen LogP contribution in [-0.4, -0.2) is 26.0 Å². The first-order chi connectivity index (χ1) is 10.6. The average molecular weight is 308 g/mol. The number of amides is 1. The zero-order valence-electron chi connectivity index (χ0n) is 14.0. The quantitative estimate of drug-likeness (QED) is 0.808. The standard InChI is InChI=1S/C13H19FN2O.C5H10/c1-10(7-8-15-2)9-16-13(17)11-3-5-12(14)6-4-11;1-2-5-3-4-5/h3-6,10,15H,7-9H2,1-2H3,(H,16,17);5H,2-4H2,1H3. The molecular formula is C18H29FN2O. The summed E-state index contributed by atoms with van der Waals surface area (Å²) in [6, 6.07) is 5.56. The van der Waals surface area contributed by atoms with Crippen molar-refractivity contribution >= 4 is 5.91 Å². The Hall–Kier alpha value is -1.42. The van der Waals surface area contributed by atoms with Crippen LogP contribution in [0.25, 0.3) is 0 Å². The Bertz CT molecular complexity index is 429. The predicted molar refractivity (Wildman–Crippen MR) is 89.5 cm³/mol. The van der Waals surface area contributed by atoms with Crippen molar-refractivity contribution in [2.24, 2.45) is 11.8 Å². The molecule has 1 aliphatic carbocycles. The van der Waals surface area contributed by atoms with E-state index >= 15 is 0 Å². The molecule has 1 aromatic carbocycles. The number of nitrogens with one attached hydrogen (secondary N) is 2. The molecule has 0 radical (unpaired) electrons. The van der Waals surface area contributed by atoms with Crippen LogP contribution in [0.3, 0.4) is 0 Å². The largest absolute Gasteiger partial charge is 0.352 e. The number of rotatable bonds is 7. The summed E-state index contributed by atoms with van der Waals surface area (Å²) in [4.78, 5) is 11.7. The van der Waals surface area contributed by atoms with Crippen molar-refractivity contribution in [1.82, 2.24) is 10.6 Å². The molecule has 1 unspecified atom stereocenters. The summed E-state index contributed by atoms with van der Waals surface area (Å²) < 4.78 is 12.7. The Morgan fingerprint density at radius 3 is 2.41 bits per heavy atom. The summed E-state index contributed by atoms with van der Waals surface area (Å²) in [7, 11) is 1.91. The maximum atomic E-state index is 12.7. The highest BCUT2D eigenvalue weighted by atomic mass is 19.1. The van der Waals surface area contributed by atoms with Gasteiger partial charge < -0.3 is 10.6 Å². The Kier molecular flexibility index (Phi) is 8.75. The third kappa shape index (κ3) is 8.13. The van der Waals surface area contributed by atoms with E-state index in [2.05, 4.69) is 24.5 Å². The number of carbonyl (C=O) groups is 1. The van der Waals surface area contributed by atoms with E-state index < -0.39 is 0 Å². The molecule has 124 valence electrons. The van der Waals surface area contributed by atoms with Crippen LogP contribution in [-0.2, 0) is 0 Å². The van der Waals surface area contributed by atoms with Crippen molar-refractivity contribution in [2.75, 3.05) is 20.1 Å². The van der Waals surface area contributed by atoms with Crippen molar-refractivity contribution in [3.05, 3.63) is 35.6 Å². The molecule has 1 saturated carbocycles. The van der Waals surface area contributed by atoms with Gasteiger partial charge in [-0.05, 0) is 56.1 Å². The highest BCUT2D eigenvalue weighted by Gasteiger charge is 2.17. The summed E-state index contributed by atoms with van der Waals surface area (Å²) in [5, 5.41) is 5.91. The van der Waals surface area contributed by atoms with Crippen LogP contribution in [0, 0.1) is 17.7 Å². The lowest BCUT2D eigenvalue weighted by Crippen LogP contribution is -2.29. The predicted octanol–water partition coefficient (Wildman–Crippen LogP) is 3.61. The van der Waals surface area contributed by atoms with Crippen LogP contribution in [0.2, 0.25) is 0 Å². The molecule has 2 rings (SSSR count). The van der Waals surface area contributed by atoms with Gasteiger partial charge in [0.25, 0.3) is 5.91 Å². The maximum Gasteiger partial charge on any atom is 0.251 e. The molecule has 2 N–H and O–H groups in total. The number of halogens is 1. The number of benzene rings is 1. The minimum atomic E-state index is -0.330. The third-order valence-corrected chi connectivity index (χ3v) is 3.88. The van der Waals surface area contributed by atoms with Crippen molar-refractivity contribution in [3.63, 3.8) is 0 Å². The summed E-state index contributed by atoms with van der Waals surface area (Å²) in [5.74, 6) is 1.08.